The summed E-state index contributed by atoms with van der Waals surface area (Å²) in [6.45, 7) is 2.04. The molecule has 6 heteroatoms. The molecule has 0 unspecified atom stereocenters. The van der Waals surface area contributed by atoms with Gasteiger partial charge in [-0.3, -0.25) is 0 Å². The van der Waals surface area contributed by atoms with Gasteiger partial charge in [-0.1, -0.05) is 12.1 Å². The van der Waals surface area contributed by atoms with Crippen molar-refractivity contribution in [1.29, 1.82) is 0 Å². The Morgan fingerprint density at radius 1 is 1.20 bits per heavy atom. The molecule has 0 spiro atoms. The van der Waals surface area contributed by atoms with Crippen molar-refractivity contribution in [2.45, 2.75) is 19.4 Å². The number of esters is 1. The molecule has 0 aliphatic carbocycles. The molecule has 0 radical (unpaired) electrons. The summed E-state index contributed by atoms with van der Waals surface area (Å²) in [6, 6.07) is 6.56. The molecule has 0 aliphatic rings. The summed E-state index contributed by atoms with van der Waals surface area (Å²) >= 11 is 0. The van der Waals surface area contributed by atoms with Gasteiger partial charge < -0.3 is 20.1 Å². The van der Waals surface area contributed by atoms with E-state index in [0.717, 1.165) is 11.3 Å². The van der Waals surface area contributed by atoms with Crippen LogP contribution in [0.2, 0.25) is 0 Å². The number of carbonyl (C=O) groups is 2. The van der Waals surface area contributed by atoms with E-state index < -0.39 is 18.0 Å². The number of urea groups is 1. The highest BCUT2D eigenvalue weighted by Gasteiger charge is 2.14. The summed E-state index contributed by atoms with van der Waals surface area (Å²) in [4.78, 5) is 22.6. The molecule has 0 aliphatic heterocycles. The van der Waals surface area contributed by atoms with Gasteiger partial charge in [0, 0.05) is 6.54 Å². The van der Waals surface area contributed by atoms with Crippen molar-refractivity contribution in [2.24, 2.45) is 0 Å². The van der Waals surface area contributed by atoms with Crippen molar-refractivity contribution < 1.29 is 19.1 Å². The summed E-state index contributed by atoms with van der Waals surface area (Å²) in [7, 11) is 2.89. The van der Waals surface area contributed by atoms with Crippen molar-refractivity contribution in [3.63, 3.8) is 0 Å². The molecule has 6 nitrogen and oxygen atoms in total. The van der Waals surface area contributed by atoms with E-state index in [-0.39, 0.29) is 0 Å². The van der Waals surface area contributed by atoms with Crippen LogP contribution in [0.15, 0.2) is 24.3 Å². The molecular formula is C14H20N2O4. The molecule has 2 N–H and O–H groups in total. The van der Waals surface area contributed by atoms with Gasteiger partial charge in [-0.2, -0.15) is 0 Å². The highest BCUT2D eigenvalue weighted by atomic mass is 16.5. The summed E-state index contributed by atoms with van der Waals surface area (Å²) in [6.07, 6.45) is 0.698. The average molecular weight is 280 g/mol. The molecule has 1 aromatic carbocycles. The lowest BCUT2D eigenvalue weighted by Crippen LogP contribution is -2.45. The van der Waals surface area contributed by atoms with Crippen LogP contribution in [0, 0.1) is 0 Å². The second-order valence-electron chi connectivity index (χ2n) is 4.24. The molecule has 1 rings (SSSR count). The molecule has 20 heavy (non-hydrogen) atoms. The van der Waals surface area contributed by atoms with E-state index in [1.54, 1.807) is 14.0 Å². The summed E-state index contributed by atoms with van der Waals surface area (Å²) < 4.78 is 9.58. The van der Waals surface area contributed by atoms with Crippen LogP contribution in [0.3, 0.4) is 0 Å². The second-order valence-corrected chi connectivity index (χ2v) is 4.24. The SMILES string of the molecule is COC(=O)[C@H](C)NC(=O)NCCc1ccc(OC)cc1. The maximum atomic E-state index is 11.5. The number of nitrogens with one attached hydrogen (secondary N) is 2. The topological polar surface area (TPSA) is 76.7 Å². The van der Waals surface area contributed by atoms with E-state index in [9.17, 15) is 9.59 Å². The number of hydrogen-bond acceptors (Lipinski definition) is 4. The van der Waals surface area contributed by atoms with Gasteiger partial charge >= 0.3 is 12.0 Å². The molecule has 0 saturated heterocycles. The number of amides is 2. The lowest BCUT2D eigenvalue weighted by molar-refractivity contribution is -0.142. The maximum absolute atomic E-state index is 11.5. The predicted molar refractivity (Wildman–Crippen MR) is 74.7 cm³/mol. The van der Waals surface area contributed by atoms with Gasteiger partial charge in [-0.25, -0.2) is 9.59 Å². The number of rotatable bonds is 6. The van der Waals surface area contributed by atoms with Crippen LogP contribution >= 0.6 is 0 Å². The Bertz CT molecular complexity index is 445. The molecule has 1 aromatic rings. The Morgan fingerprint density at radius 2 is 1.85 bits per heavy atom. The van der Waals surface area contributed by atoms with Crippen LogP contribution in [0.25, 0.3) is 0 Å². The van der Waals surface area contributed by atoms with Gasteiger partial charge in [0.05, 0.1) is 14.2 Å². The van der Waals surface area contributed by atoms with Crippen molar-refractivity contribution in [1.82, 2.24) is 10.6 Å². The van der Waals surface area contributed by atoms with E-state index in [4.69, 9.17) is 4.74 Å². The van der Waals surface area contributed by atoms with Crippen LogP contribution < -0.4 is 15.4 Å². The molecule has 1 atom stereocenters. The fraction of sp³-hybridized carbons (Fsp3) is 0.429. The van der Waals surface area contributed by atoms with E-state index in [1.807, 2.05) is 24.3 Å². The standard InChI is InChI=1S/C14H20N2O4/c1-10(13(17)20-3)16-14(18)15-9-8-11-4-6-12(19-2)7-5-11/h4-7,10H,8-9H2,1-3H3,(H2,15,16,18)/t10-/m0/s1. The van der Waals surface area contributed by atoms with Crippen molar-refractivity contribution >= 4 is 12.0 Å². The minimum Gasteiger partial charge on any atom is -0.497 e. The smallest absolute Gasteiger partial charge is 0.328 e. The van der Waals surface area contributed by atoms with E-state index in [0.29, 0.717) is 13.0 Å². The molecule has 0 saturated carbocycles. The Morgan fingerprint density at radius 3 is 2.40 bits per heavy atom. The molecule has 110 valence electrons. The molecule has 2 amide bonds. The summed E-state index contributed by atoms with van der Waals surface area (Å²) in [5.41, 5.74) is 1.09. The van der Waals surface area contributed by atoms with Gasteiger partial charge in [0.25, 0.3) is 0 Å². The quantitative estimate of drug-likeness (QED) is 0.765. The number of methoxy groups -OCH3 is 2. The van der Waals surface area contributed by atoms with E-state index in [1.165, 1.54) is 7.11 Å². The first-order valence-corrected chi connectivity index (χ1v) is 6.32. The lowest BCUT2D eigenvalue weighted by Gasteiger charge is -2.12. The van der Waals surface area contributed by atoms with Gasteiger partial charge in [-0.05, 0) is 31.0 Å². The number of carbonyl (C=O) groups excluding carboxylic acids is 2. The zero-order chi connectivity index (χ0) is 15.0. The molecule has 0 aromatic heterocycles. The van der Waals surface area contributed by atoms with Crippen molar-refractivity contribution in [3.05, 3.63) is 29.8 Å². The van der Waals surface area contributed by atoms with Crippen LogP contribution in [-0.2, 0) is 16.0 Å². The minimum atomic E-state index is -0.666. The van der Waals surface area contributed by atoms with Gasteiger partial charge in [0.2, 0.25) is 0 Å². The largest absolute Gasteiger partial charge is 0.497 e. The zero-order valence-electron chi connectivity index (χ0n) is 11.9. The predicted octanol–water partition coefficient (Wildman–Crippen LogP) is 1.10. The van der Waals surface area contributed by atoms with Crippen LogP contribution in [0.1, 0.15) is 12.5 Å². The first-order valence-electron chi connectivity index (χ1n) is 6.32. The van der Waals surface area contributed by atoms with Crippen LogP contribution in [0.5, 0.6) is 5.75 Å². The number of ether oxygens (including phenoxy) is 2. The fourth-order valence-corrected chi connectivity index (χ4v) is 1.60. The van der Waals surface area contributed by atoms with Crippen molar-refractivity contribution in [2.75, 3.05) is 20.8 Å². The third kappa shape index (κ3) is 5.17. The van der Waals surface area contributed by atoms with Gasteiger partial charge in [0.15, 0.2) is 0 Å². The van der Waals surface area contributed by atoms with E-state index >= 15 is 0 Å². The minimum absolute atomic E-state index is 0.392. The summed E-state index contributed by atoms with van der Waals surface area (Å²) in [5.74, 6) is 0.321. The molecule has 0 heterocycles. The third-order valence-electron chi connectivity index (χ3n) is 2.76. The highest BCUT2D eigenvalue weighted by molar-refractivity contribution is 5.83. The third-order valence-corrected chi connectivity index (χ3v) is 2.76. The molecule has 0 fully saturated rings. The average Bonchev–Trinajstić information content (AvgIpc) is 2.47. The number of hydrogen-bond donors (Lipinski definition) is 2. The Hall–Kier alpha value is -2.24. The zero-order valence-corrected chi connectivity index (χ0v) is 11.9. The highest BCUT2D eigenvalue weighted by Crippen LogP contribution is 2.11. The Kier molecular flexibility index (Phi) is 6.36. The van der Waals surface area contributed by atoms with E-state index in [2.05, 4.69) is 15.4 Å². The van der Waals surface area contributed by atoms with Crippen LogP contribution in [0.4, 0.5) is 4.79 Å². The Balaban J connectivity index is 2.29. The monoisotopic (exact) mass is 280 g/mol. The molecule has 0 bridgehead atoms. The summed E-state index contributed by atoms with van der Waals surface area (Å²) in [5, 5.41) is 5.17. The first kappa shape index (κ1) is 15.8. The number of benzene rings is 1. The van der Waals surface area contributed by atoms with Crippen molar-refractivity contribution in [3.8, 4) is 5.75 Å². The Labute approximate surface area is 118 Å². The van der Waals surface area contributed by atoms with Gasteiger partial charge in [0.1, 0.15) is 11.8 Å². The second kappa shape index (κ2) is 8.04. The van der Waals surface area contributed by atoms with Gasteiger partial charge in [-0.15, -0.1) is 0 Å². The normalized spacial score (nSPS) is 11.3. The molecular weight excluding hydrogens is 260 g/mol. The lowest BCUT2D eigenvalue weighted by atomic mass is 10.1. The first-order chi connectivity index (χ1) is 9.56. The van der Waals surface area contributed by atoms with Crippen LogP contribution in [-0.4, -0.2) is 38.8 Å². The maximum Gasteiger partial charge on any atom is 0.328 e. The fourth-order valence-electron chi connectivity index (χ4n) is 1.60.